The first kappa shape index (κ1) is 24.7. The van der Waals surface area contributed by atoms with Crippen molar-refractivity contribution < 1.29 is 29.0 Å². The lowest BCUT2D eigenvalue weighted by Gasteiger charge is -2.38. The number of benzene rings is 2. The van der Waals surface area contributed by atoms with Gasteiger partial charge in [-0.15, -0.1) is 0 Å². The maximum absolute atomic E-state index is 14.3. The molecule has 180 valence electrons. The molecular formula is C24H27FN4O5. The highest BCUT2D eigenvalue weighted by molar-refractivity contribution is 6.03. The molecule has 34 heavy (non-hydrogen) atoms. The van der Waals surface area contributed by atoms with Crippen LogP contribution in [-0.2, 0) is 22.7 Å². The van der Waals surface area contributed by atoms with Crippen molar-refractivity contribution in [2.24, 2.45) is 0 Å². The fourth-order valence-corrected chi connectivity index (χ4v) is 3.98. The van der Waals surface area contributed by atoms with Crippen LogP contribution in [0, 0.1) is 5.82 Å². The van der Waals surface area contributed by atoms with Crippen LogP contribution in [0.2, 0.25) is 0 Å². The smallest absolute Gasteiger partial charge is 0.290 e. The number of nitrogens with zero attached hydrogens (tertiary/aromatic N) is 2. The zero-order chi connectivity index (χ0) is 25.0. The Bertz CT molecular complexity index is 1140. The van der Waals surface area contributed by atoms with E-state index >= 15 is 0 Å². The number of rotatable bonds is 5. The molecule has 2 amide bonds. The third kappa shape index (κ3) is 4.72. The molecule has 2 aliphatic heterocycles. The van der Waals surface area contributed by atoms with Gasteiger partial charge in [0.2, 0.25) is 5.72 Å². The van der Waals surface area contributed by atoms with Crippen molar-refractivity contribution in [2.75, 3.05) is 24.3 Å². The van der Waals surface area contributed by atoms with E-state index < -0.39 is 17.5 Å². The maximum atomic E-state index is 14.3. The Morgan fingerprint density at radius 3 is 2.65 bits per heavy atom. The highest BCUT2D eigenvalue weighted by Gasteiger charge is 2.50. The average Bonchev–Trinajstić information content (AvgIpc) is 3.14. The summed E-state index contributed by atoms with van der Waals surface area (Å²) in [4.78, 5) is 36.9. The molecule has 2 aliphatic rings. The zero-order valence-corrected chi connectivity index (χ0v) is 19.0. The van der Waals surface area contributed by atoms with Gasteiger partial charge in [-0.05, 0) is 36.8 Å². The number of piperidine rings is 1. The molecule has 2 heterocycles. The number of carbonyl (C=O) groups excluding carboxylic acids is 2. The molecule has 0 aliphatic carbocycles. The summed E-state index contributed by atoms with van der Waals surface area (Å²) in [6, 6.07) is 10.1. The largest absolute Gasteiger partial charge is 0.483 e. The van der Waals surface area contributed by atoms with Crippen molar-refractivity contribution in [3.63, 3.8) is 0 Å². The van der Waals surface area contributed by atoms with Gasteiger partial charge in [-0.1, -0.05) is 12.6 Å². The number of carboxylic acid groups (broad SMARTS) is 1. The van der Waals surface area contributed by atoms with E-state index in [1.165, 1.54) is 11.0 Å². The molecule has 1 saturated heterocycles. The van der Waals surface area contributed by atoms with E-state index in [4.69, 9.17) is 9.90 Å². The number of carbonyl (C=O) groups is 3. The quantitative estimate of drug-likeness (QED) is 0.495. The van der Waals surface area contributed by atoms with Gasteiger partial charge in [0, 0.05) is 60.8 Å². The Morgan fingerprint density at radius 1 is 1.29 bits per heavy atom. The first-order valence-electron chi connectivity index (χ1n) is 10.5. The van der Waals surface area contributed by atoms with Gasteiger partial charge in [-0.25, -0.2) is 4.39 Å². The fraction of sp³-hybridized carbons (Fsp3) is 0.292. The number of hydrogen-bond acceptors (Lipinski definition) is 6. The van der Waals surface area contributed by atoms with Crippen LogP contribution in [0.25, 0.3) is 0 Å². The van der Waals surface area contributed by atoms with Crippen LogP contribution in [0.5, 0.6) is 0 Å². The number of halogens is 1. The summed E-state index contributed by atoms with van der Waals surface area (Å²) in [5, 5.41) is 23.6. The third-order valence-electron chi connectivity index (χ3n) is 5.86. The monoisotopic (exact) mass is 470 g/mol. The molecular weight excluding hydrogens is 443 g/mol. The van der Waals surface area contributed by atoms with E-state index in [1.807, 2.05) is 19.0 Å². The van der Waals surface area contributed by atoms with Gasteiger partial charge in [0.25, 0.3) is 18.3 Å². The minimum Gasteiger partial charge on any atom is -0.483 e. The lowest BCUT2D eigenvalue weighted by atomic mass is 9.98. The first-order valence-corrected chi connectivity index (χ1v) is 10.5. The summed E-state index contributed by atoms with van der Waals surface area (Å²) in [6.07, 6.45) is 0.470. The molecule has 0 radical (unpaired) electrons. The van der Waals surface area contributed by atoms with Crippen molar-refractivity contribution in [2.45, 2.75) is 31.7 Å². The molecule has 1 fully saturated rings. The van der Waals surface area contributed by atoms with Crippen LogP contribution in [0.1, 0.15) is 34.3 Å². The van der Waals surface area contributed by atoms with Gasteiger partial charge in [0.05, 0.1) is 6.54 Å². The number of aliphatic hydroxyl groups is 1. The second-order valence-corrected chi connectivity index (χ2v) is 8.23. The fourth-order valence-electron chi connectivity index (χ4n) is 3.98. The zero-order valence-electron chi connectivity index (χ0n) is 19.0. The Morgan fingerprint density at radius 2 is 2.00 bits per heavy atom. The molecule has 0 aromatic heterocycles. The summed E-state index contributed by atoms with van der Waals surface area (Å²) >= 11 is 0. The number of amides is 2. The van der Waals surface area contributed by atoms with Crippen molar-refractivity contribution >= 4 is 29.7 Å². The van der Waals surface area contributed by atoms with Gasteiger partial charge in [-0.2, -0.15) is 0 Å². The highest BCUT2D eigenvalue weighted by Crippen LogP contribution is 2.36. The Balaban J connectivity index is 0.00000103. The minimum atomic E-state index is -1.93. The Hall–Kier alpha value is -3.92. The third-order valence-corrected chi connectivity index (χ3v) is 5.86. The van der Waals surface area contributed by atoms with E-state index in [1.54, 1.807) is 30.3 Å². The lowest BCUT2D eigenvalue weighted by Crippen LogP contribution is -2.61. The van der Waals surface area contributed by atoms with Gasteiger partial charge in [-0.3, -0.25) is 19.3 Å². The van der Waals surface area contributed by atoms with E-state index in [9.17, 15) is 19.1 Å². The standard InChI is InChI=1S/C23H25FN4O3.CH2O2/c1-14-9-10-23(31,22(30)26-14)28-13-18-17(21(28)29)5-4-6-20(18)25-12-15-11-16(27(2)3)7-8-19(15)24;2-1-3/h4-8,11,25,31H,1,9-10,12-13H2,2-3H3,(H,26,30);1H,(H,2,3). The molecule has 0 saturated carbocycles. The number of fused-ring (bicyclic) bond motifs is 1. The normalized spacial score (nSPS) is 19.1. The summed E-state index contributed by atoms with van der Waals surface area (Å²) in [5.41, 5.74) is 1.70. The van der Waals surface area contributed by atoms with Crippen LogP contribution in [0.3, 0.4) is 0 Å². The predicted octanol–water partition coefficient (Wildman–Crippen LogP) is 2.27. The van der Waals surface area contributed by atoms with Crippen LogP contribution in [0.15, 0.2) is 48.7 Å². The SMILES string of the molecule is C=C1CCC(O)(N2Cc3c(NCc4cc(N(C)C)ccc4F)cccc3C2=O)C(=O)N1.O=CO. The van der Waals surface area contributed by atoms with E-state index in [-0.39, 0.29) is 31.8 Å². The molecule has 10 heteroatoms. The summed E-state index contributed by atoms with van der Waals surface area (Å²) < 4.78 is 14.3. The van der Waals surface area contributed by atoms with Crippen molar-refractivity contribution in [3.8, 4) is 0 Å². The number of nitrogens with one attached hydrogen (secondary N) is 2. The van der Waals surface area contributed by atoms with Crippen molar-refractivity contribution in [3.05, 3.63) is 71.2 Å². The van der Waals surface area contributed by atoms with E-state index in [0.29, 0.717) is 34.5 Å². The second-order valence-electron chi connectivity index (χ2n) is 8.23. The van der Waals surface area contributed by atoms with Crippen molar-refractivity contribution in [1.29, 1.82) is 0 Å². The maximum Gasteiger partial charge on any atom is 0.290 e. The topological polar surface area (TPSA) is 122 Å². The Kier molecular flexibility index (Phi) is 7.21. The van der Waals surface area contributed by atoms with Crippen LogP contribution < -0.4 is 15.5 Å². The molecule has 1 atom stereocenters. The van der Waals surface area contributed by atoms with Crippen LogP contribution in [0.4, 0.5) is 15.8 Å². The summed E-state index contributed by atoms with van der Waals surface area (Å²) in [7, 11) is 3.77. The lowest BCUT2D eigenvalue weighted by molar-refractivity contribution is -0.161. The van der Waals surface area contributed by atoms with E-state index in [0.717, 1.165) is 5.69 Å². The van der Waals surface area contributed by atoms with Crippen LogP contribution in [-0.4, -0.2) is 53.2 Å². The average molecular weight is 471 g/mol. The van der Waals surface area contributed by atoms with Gasteiger partial charge < -0.3 is 25.7 Å². The van der Waals surface area contributed by atoms with Gasteiger partial charge in [0.1, 0.15) is 5.82 Å². The van der Waals surface area contributed by atoms with Gasteiger partial charge >= 0.3 is 0 Å². The minimum absolute atomic E-state index is 0.0773. The summed E-state index contributed by atoms with van der Waals surface area (Å²) in [5.74, 6) is -1.39. The number of hydrogen-bond donors (Lipinski definition) is 4. The van der Waals surface area contributed by atoms with Crippen LogP contribution >= 0.6 is 0 Å². The molecule has 0 bridgehead atoms. The molecule has 4 rings (SSSR count). The molecule has 2 aromatic rings. The van der Waals surface area contributed by atoms with E-state index in [2.05, 4.69) is 17.2 Å². The molecule has 4 N–H and O–H groups in total. The number of anilines is 2. The first-order chi connectivity index (χ1) is 16.1. The molecule has 9 nitrogen and oxygen atoms in total. The summed E-state index contributed by atoms with van der Waals surface area (Å²) in [6.45, 7) is 3.77. The second kappa shape index (κ2) is 9.92. The van der Waals surface area contributed by atoms with Crippen molar-refractivity contribution in [1.82, 2.24) is 10.2 Å². The predicted molar refractivity (Wildman–Crippen MR) is 125 cm³/mol. The molecule has 2 aromatic carbocycles. The highest BCUT2D eigenvalue weighted by atomic mass is 19.1. The number of allylic oxidation sites excluding steroid dienone is 1. The Labute approximate surface area is 196 Å². The molecule has 0 spiro atoms. The molecule has 1 unspecified atom stereocenters. The van der Waals surface area contributed by atoms with Gasteiger partial charge in [0.15, 0.2) is 0 Å².